The van der Waals surface area contributed by atoms with Crippen LogP contribution in [0.4, 0.5) is 10.1 Å². The maximum Gasteiger partial charge on any atom is 0.145 e. The number of ether oxygens (including phenoxy) is 1. The van der Waals surface area contributed by atoms with E-state index in [1.54, 1.807) is 6.07 Å². The topological polar surface area (TPSA) is 21.3 Å². The highest BCUT2D eigenvalue weighted by Crippen LogP contribution is 2.25. The molecule has 2 nitrogen and oxygen atoms in total. The van der Waals surface area contributed by atoms with E-state index in [1.165, 1.54) is 12.1 Å². The van der Waals surface area contributed by atoms with Crippen molar-refractivity contribution in [3.8, 4) is 5.75 Å². The fourth-order valence-corrected chi connectivity index (χ4v) is 1.79. The van der Waals surface area contributed by atoms with Crippen LogP contribution in [0.15, 0.2) is 18.2 Å². The zero-order chi connectivity index (χ0) is 11.8. The molecule has 0 unspecified atom stereocenters. The summed E-state index contributed by atoms with van der Waals surface area (Å²) in [5.41, 5.74) is 0.865. The van der Waals surface area contributed by atoms with E-state index >= 15 is 0 Å². The van der Waals surface area contributed by atoms with Gasteiger partial charge in [-0.05, 0) is 37.5 Å². The Bertz CT molecular complexity index is 320. The van der Waals surface area contributed by atoms with Crippen molar-refractivity contribution in [1.82, 2.24) is 0 Å². The van der Waals surface area contributed by atoms with Gasteiger partial charge in [0.15, 0.2) is 0 Å². The van der Waals surface area contributed by atoms with Gasteiger partial charge in [-0.15, -0.1) is 0 Å². The first-order valence-electron chi connectivity index (χ1n) is 5.43. The van der Waals surface area contributed by atoms with Crippen LogP contribution in [0.2, 0.25) is 0 Å². The van der Waals surface area contributed by atoms with E-state index in [4.69, 9.17) is 4.74 Å². The predicted octanol–water partition coefficient (Wildman–Crippen LogP) is 3.39. The molecule has 0 saturated carbocycles. The van der Waals surface area contributed by atoms with Crippen LogP contribution in [-0.2, 0) is 0 Å². The average molecular weight is 243 g/mol. The maximum absolute atomic E-state index is 13.0. The third-order valence-corrected chi connectivity index (χ3v) is 2.78. The molecule has 1 rings (SSSR count). The molecule has 0 aromatic heterocycles. The average Bonchev–Trinajstić information content (AvgIpc) is 2.27. The van der Waals surface area contributed by atoms with Crippen molar-refractivity contribution < 1.29 is 9.13 Å². The first kappa shape index (κ1) is 13.2. The molecular formula is C12H18FNOS. The lowest BCUT2D eigenvalue weighted by Crippen LogP contribution is -2.05. The van der Waals surface area contributed by atoms with Gasteiger partial charge in [0.25, 0.3) is 0 Å². The van der Waals surface area contributed by atoms with E-state index in [0.717, 1.165) is 24.4 Å². The van der Waals surface area contributed by atoms with Crippen LogP contribution in [0.25, 0.3) is 0 Å². The van der Waals surface area contributed by atoms with Gasteiger partial charge in [0, 0.05) is 12.6 Å². The van der Waals surface area contributed by atoms with E-state index in [9.17, 15) is 4.39 Å². The van der Waals surface area contributed by atoms with Crippen LogP contribution in [0.5, 0.6) is 5.75 Å². The number of halogens is 1. The Morgan fingerprint density at radius 3 is 2.94 bits per heavy atom. The minimum Gasteiger partial charge on any atom is -0.492 e. The minimum absolute atomic E-state index is 0.266. The fourth-order valence-electron chi connectivity index (χ4n) is 1.36. The SMILES string of the molecule is CCOc1cc(F)ccc1NCCCSC. The molecule has 0 fully saturated rings. The van der Waals surface area contributed by atoms with Gasteiger partial charge in [0.05, 0.1) is 12.3 Å². The Hall–Kier alpha value is -0.900. The molecule has 0 saturated heterocycles. The number of rotatable bonds is 7. The molecule has 1 aromatic carbocycles. The molecule has 0 heterocycles. The highest BCUT2D eigenvalue weighted by molar-refractivity contribution is 7.98. The molecule has 0 bridgehead atoms. The molecule has 0 aliphatic rings. The quantitative estimate of drug-likeness (QED) is 0.742. The van der Waals surface area contributed by atoms with Crippen LogP contribution >= 0.6 is 11.8 Å². The Kier molecular flexibility index (Phi) is 6.08. The van der Waals surface area contributed by atoms with Crippen molar-refractivity contribution in [2.75, 3.05) is 30.5 Å². The third kappa shape index (κ3) is 4.31. The normalized spacial score (nSPS) is 10.2. The summed E-state index contributed by atoms with van der Waals surface area (Å²) in [6, 6.07) is 4.58. The van der Waals surface area contributed by atoms with Crippen LogP contribution < -0.4 is 10.1 Å². The molecule has 0 amide bonds. The monoisotopic (exact) mass is 243 g/mol. The summed E-state index contributed by atoms with van der Waals surface area (Å²) in [6.45, 7) is 3.32. The lowest BCUT2D eigenvalue weighted by Gasteiger charge is -2.12. The summed E-state index contributed by atoms with van der Waals surface area (Å²) < 4.78 is 18.4. The number of hydrogen-bond donors (Lipinski definition) is 1. The van der Waals surface area contributed by atoms with Gasteiger partial charge >= 0.3 is 0 Å². The predicted molar refractivity (Wildman–Crippen MR) is 69.1 cm³/mol. The second-order valence-corrected chi connectivity index (χ2v) is 4.33. The smallest absolute Gasteiger partial charge is 0.145 e. The molecule has 0 aliphatic carbocycles. The number of nitrogens with one attached hydrogen (secondary N) is 1. The van der Waals surface area contributed by atoms with Crippen LogP contribution in [0.3, 0.4) is 0 Å². The Labute approximate surface area is 101 Å². The van der Waals surface area contributed by atoms with E-state index in [-0.39, 0.29) is 5.82 Å². The van der Waals surface area contributed by atoms with Gasteiger partial charge in [-0.3, -0.25) is 0 Å². The van der Waals surface area contributed by atoms with Gasteiger partial charge in [0.2, 0.25) is 0 Å². The molecule has 16 heavy (non-hydrogen) atoms. The van der Waals surface area contributed by atoms with Crippen molar-refractivity contribution in [3.05, 3.63) is 24.0 Å². The van der Waals surface area contributed by atoms with Gasteiger partial charge in [0.1, 0.15) is 11.6 Å². The number of anilines is 1. The third-order valence-electron chi connectivity index (χ3n) is 2.08. The van der Waals surface area contributed by atoms with Crippen molar-refractivity contribution in [2.45, 2.75) is 13.3 Å². The summed E-state index contributed by atoms with van der Waals surface area (Å²) in [6.07, 6.45) is 3.17. The molecule has 90 valence electrons. The maximum atomic E-state index is 13.0. The van der Waals surface area contributed by atoms with E-state index in [0.29, 0.717) is 12.4 Å². The van der Waals surface area contributed by atoms with Crippen molar-refractivity contribution >= 4 is 17.4 Å². The van der Waals surface area contributed by atoms with E-state index < -0.39 is 0 Å². The molecule has 0 aliphatic heterocycles. The van der Waals surface area contributed by atoms with Crippen LogP contribution in [0.1, 0.15) is 13.3 Å². The molecule has 1 aromatic rings. The second kappa shape index (κ2) is 7.39. The van der Waals surface area contributed by atoms with Gasteiger partial charge in [-0.1, -0.05) is 0 Å². The molecule has 0 spiro atoms. The number of hydrogen-bond acceptors (Lipinski definition) is 3. The zero-order valence-electron chi connectivity index (χ0n) is 9.75. The lowest BCUT2D eigenvalue weighted by atomic mass is 10.2. The van der Waals surface area contributed by atoms with Crippen LogP contribution in [-0.4, -0.2) is 25.2 Å². The summed E-state index contributed by atoms with van der Waals surface area (Å²) in [5.74, 6) is 1.45. The molecule has 4 heteroatoms. The highest BCUT2D eigenvalue weighted by Gasteiger charge is 2.04. The first-order valence-corrected chi connectivity index (χ1v) is 6.82. The fraction of sp³-hybridized carbons (Fsp3) is 0.500. The first-order chi connectivity index (χ1) is 7.77. The van der Waals surface area contributed by atoms with Crippen molar-refractivity contribution in [1.29, 1.82) is 0 Å². The van der Waals surface area contributed by atoms with Gasteiger partial charge < -0.3 is 10.1 Å². The Morgan fingerprint density at radius 2 is 2.25 bits per heavy atom. The van der Waals surface area contributed by atoms with Crippen molar-refractivity contribution in [3.63, 3.8) is 0 Å². The summed E-state index contributed by atoms with van der Waals surface area (Å²) in [4.78, 5) is 0. The largest absolute Gasteiger partial charge is 0.492 e. The second-order valence-electron chi connectivity index (χ2n) is 3.35. The minimum atomic E-state index is -0.266. The highest BCUT2D eigenvalue weighted by atomic mass is 32.2. The van der Waals surface area contributed by atoms with Crippen LogP contribution in [0, 0.1) is 5.82 Å². The molecule has 0 atom stereocenters. The number of thioether (sulfide) groups is 1. The molecule has 1 N–H and O–H groups in total. The molecule has 0 radical (unpaired) electrons. The number of benzene rings is 1. The zero-order valence-corrected chi connectivity index (χ0v) is 10.6. The van der Waals surface area contributed by atoms with E-state index in [1.807, 2.05) is 18.7 Å². The summed E-state index contributed by atoms with van der Waals surface area (Å²) in [5, 5.41) is 3.26. The Balaban J connectivity index is 2.56. The van der Waals surface area contributed by atoms with Gasteiger partial charge in [-0.25, -0.2) is 4.39 Å². The van der Waals surface area contributed by atoms with Gasteiger partial charge in [-0.2, -0.15) is 11.8 Å². The summed E-state index contributed by atoms with van der Waals surface area (Å²) >= 11 is 1.82. The standard InChI is InChI=1S/C12H18FNOS/c1-3-15-12-9-10(13)5-6-11(12)14-7-4-8-16-2/h5-6,9,14H,3-4,7-8H2,1-2H3. The van der Waals surface area contributed by atoms with E-state index in [2.05, 4.69) is 11.6 Å². The molecular weight excluding hydrogens is 225 g/mol. The summed E-state index contributed by atoms with van der Waals surface area (Å²) in [7, 11) is 0. The van der Waals surface area contributed by atoms with Crippen molar-refractivity contribution in [2.24, 2.45) is 0 Å². The Morgan fingerprint density at radius 1 is 1.44 bits per heavy atom. The lowest BCUT2D eigenvalue weighted by molar-refractivity contribution is 0.340.